The van der Waals surface area contributed by atoms with Gasteiger partial charge in [-0.1, -0.05) is 37.3 Å². The lowest BCUT2D eigenvalue weighted by Crippen LogP contribution is -2.27. The third-order valence-corrected chi connectivity index (χ3v) is 6.57. The van der Waals surface area contributed by atoms with Gasteiger partial charge in [-0.25, -0.2) is 0 Å². The fourth-order valence-electron chi connectivity index (χ4n) is 3.66. The molecule has 1 saturated heterocycles. The molecule has 1 atom stereocenters. The Hall–Kier alpha value is -2.99. The van der Waals surface area contributed by atoms with Crippen molar-refractivity contribution in [2.24, 2.45) is 0 Å². The van der Waals surface area contributed by atoms with Crippen LogP contribution in [0.3, 0.4) is 0 Å². The molecule has 0 bridgehead atoms. The number of carbonyl (C=O) groups excluding carboxylic acids is 2. The van der Waals surface area contributed by atoms with E-state index in [-0.39, 0.29) is 17.2 Å². The van der Waals surface area contributed by atoms with Gasteiger partial charge in [-0.05, 0) is 54.3 Å². The predicted molar refractivity (Wildman–Crippen MR) is 119 cm³/mol. The lowest BCUT2D eigenvalue weighted by molar-refractivity contribution is -0.128. The van der Waals surface area contributed by atoms with E-state index in [0.29, 0.717) is 17.9 Å². The van der Waals surface area contributed by atoms with Gasteiger partial charge in [0.25, 0.3) is 5.91 Å². The number of nitrogens with one attached hydrogen (secondary N) is 1. The van der Waals surface area contributed by atoms with Gasteiger partial charge < -0.3 is 14.6 Å². The molecule has 0 saturated carbocycles. The van der Waals surface area contributed by atoms with Crippen LogP contribution in [0.2, 0.25) is 0 Å². The molecular formula is C24H24N2O3S. The summed E-state index contributed by atoms with van der Waals surface area (Å²) >= 11 is 1.59. The fraction of sp³-hybridized carbons (Fsp3) is 0.250. The van der Waals surface area contributed by atoms with Crippen molar-refractivity contribution in [3.05, 3.63) is 88.9 Å². The number of rotatable bonds is 6. The molecule has 4 rings (SSSR count). The van der Waals surface area contributed by atoms with Crippen molar-refractivity contribution in [3.8, 4) is 0 Å². The number of thioether (sulfide) groups is 1. The van der Waals surface area contributed by atoms with Crippen LogP contribution in [0.4, 0.5) is 5.69 Å². The second-order valence-electron chi connectivity index (χ2n) is 7.30. The van der Waals surface area contributed by atoms with Crippen molar-refractivity contribution < 1.29 is 14.0 Å². The molecule has 1 aromatic heterocycles. The summed E-state index contributed by atoms with van der Waals surface area (Å²) in [4.78, 5) is 27.0. The summed E-state index contributed by atoms with van der Waals surface area (Å²) in [6.07, 6.45) is 2.47. The van der Waals surface area contributed by atoms with E-state index >= 15 is 0 Å². The second-order valence-corrected chi connectivity index (χ2v) is 8.37. The molecule has 2 aromatic carbocycles. The molecular weight excluding hydrogens is 396 g/mol. The molecule has 1 aliphatic rings. The minimum atomic E-state index is -0.131. The van der Waals surface area contributed by atoms with Gasteiger partial charge in [0.05, 0.1) is 18.6 Å². The van der Waals surface area contributed by atoms with E-state index in [1.807, 2.05) is 66.4 Å². The van der Waals surface area contributed by atoms with Gasteiger partial charge in [0.1, 0.15) is 11.1 Å². The van der Waals surface area contributed by atoms with Crippen LogP contribution in [-0.2, 0) is 17.8 Å². The van der Waals surface area contributed by atoms with E-state index in [4.69, 9.17) is 4.42 Å². The first-order valence-corrected chi connectivity index (χ1v) is 11.0. The van der Waals surface area contributed by atoms with E-state index in [2.05, 4.69) is 12.2 Å². The maximum Gasteiger partial charge on any atom is 0.255 e. The fourth-order valence-corrected chi connectivity index (χ4v) is 4.85. The van der Waals surface area contributed by atoms with Crippen molar-refractivity contribution in [1.82, 2.24) is 4.90 Å². The number of aryl methyl sites for hydroxylation is 2. The standard InChI is InChI=1S/C24H24N2O3S/c1-3-17-7-4-6-16(2)22(17)25-23(28)18-9-11-19(12-10-18)24-26(21(27)15-30-24)14-20-8-5-13-29-20/h4-13,24H,3,14-15H2,1-2H3,(H,25,28)/t24-/m1/s1. The largest absolute Gasteiger partial charge is 0.467 e. The molecule has 3 aromatic rings. The number of furan rings is 1. The first-order chi connectivity index (χ1) is 14.6. The number of anilines is 1. The topological polar surface area (TPSA) is 62.6 Å². The lowest BCUT2D eigenvalue weighted by atomic mass is 10.0. The normalized spacial score (nSPS) is 16.1. The van der Waals surface area contributed by atoms with Gasteiger partial charge in [0.15, 0.2) is 0 Å². The quantitative estimate of drug-likeness (QED) is 0.597. The summed E-state index contributed by atoms with van der Waals surface area (Å²) in [6, 6.07) is 17.2. The highest BCUT2D eigenvalue weighted by atomic mass is 32.2. The van der Waals surface area contributed by atoms with Crippen molar-refractivity contribution in [1.29, 1.82) is 0 Å². The lowest BCUT2D eigenvalue weighted by Gasteiger charge is -2.23. The predicted octanol–water partition coefficient (Wildman–Crippen LogP) is 5.18. The van der Waals surface area contributed by atoms with E-state index in [0.717, 1.165) is 34.6 Å². The van der Waals surface area contributed by atoms with Crippen molar-refractivity contribution in [2.45, 2.75) is 32.2 Å². The number of nitrogens with zero attached hydrogens (tertiary/aromatic N) is 1. The summed E-state index contributed by atoms with van der Waals surface area (Å²) in [5.74, 6) is 1.17. The molecule has 1 fully saturated rings. The van der Waals surface area contributed by atoms with Crippen LogP contribution in [0.25, 0.3) is 0 Å². The first-order valence-electron chi connectivity index (χ1n) is 10.00. The third-order valence-electron chi connectivity index (χ3n) is 5.31. The Morgan fingerprint density at radius 1 is 1.17 bits per heavy atom. The molecule has 5 nitrogen and oxygen atoms in total. The molecule has 1 aliphatic heterocycles. The Balaban J connectivity index is 1.50. The molecule has 0 spiro atoms. The minimum absolute atomic E-state index is 0.0808. The molecule has 30 heavy (non-hydrogen) atoms. The Morgan fingerprint density at radius 2 is 1.97 bits per heavy atom. The van der Waals surface area contributed by atoms with Crippen LogP contribution in [0.15, 0.2) is 65.3 Å². The number of hydrogen-bond acceptors (Lipinski definition) is 4. The van der Waals surface area contributed by atoms with Gasteiger partial charge in [0.2, 0.25) is 5.91 Å². The average molecular weight is 421 g/mol. The molecule has 2 amide bonds. The summed E-state index contributed by atoms with van der Waals surface area (Å²) in [7, 11) is 0. The second kappa shape index (κ2) is 8.79. The van der Waals surface area contributed by atoms with Gasteiger partial charge in [-0.2, -0.15) is 0 Å². The van der Waals surface area contributed by atoms with Crippen molar-refractivity contribution >= 4 is 29.3 Å². The zero-order valence-electron chi connectivity index (χ0n) is 17.1. The summed E-state index contributed by atoms with van der Waals surface area (Å²) in [6.45, 7) is 4.52. The van der Waals surface area contributed by atoms with Crippen LogP contribution in [0.5, 0.6) is 0 Å². The molecule has 0 aliphatic carbocycles. The first kappa shape index (κ1) is 20.3. The Kier molecular flexibility index (Phi) is 5.95. The zero-order valence-corrected chi connectivity index (χ0v) is 17.9. The average Bonchev–Trinajstić information content (AvgIpc) is 3.40. The van der Waals surface area contributed by atoms with Crippen LogP contribution in [-0.4, -0.2) is 22.5 Å². The summed E-state index contributed by atoms with van der Waals surface area (Å²) in [5.41, 5.74) is 4.65. The highest BCUT2D eigenvalue weighted by Gasteiger charge is 2.33. The highest BCUT2D eigenvalue weighted by Crippen LogP contribution is 2.39. The van der Waals surface area contributed by atoms with E-state index in [1.54, 1.807) is 18.0 Å². The third kappa shape index (κ3) is 4.14. The SMILES string of the molecule is CCc1cccc(C)c1NC(=O)c1ccc([C@H]2SCC(=O)N2Cc2ccco2)cc1. The van der Waals surface area contributed by atoms with Crippen LogP contribution >= 0.6 is 11.8 Å². The van der Waals surface area contributed by atoms with Gasteiger partial charge >= 0.3 is 0 Å². The number of hydrogen-bond donors (Lipinski definition) is 1. The smallest absolute Gasteiger partial charge is 0.255 e. The van der Waals surface area contributed by atoms with Gasteiger partial charge in [-0.15, -0.1) is 11.8 Å². The molecule has 2 heterocycles. The van der Waals surface area contributed by atoms with Crippen LogP contribution < -0.4 is 5.32 Å². The molecule has 0 unspecified atom stereocenters. The number of amides is 2. The maximum absolute atomic E-state index is 12.8. The van der Waals surface area contributed by atoms with Crippen molar-refractivity contribution in [2.75, 3.05) is 11.1 Å². The number of para-hydroxylation sites is 1. The molecule has 0 radical (unpaired) electrons. The van der Waals surface area contributed by atoms with Gasteiger partial charge in [-0.3, -0.25) is 9.59 Å². The van der Waals surface area contributed by atoms with Crippen LogP contribution in [0.1, 0.15) is 45.1 Å². The van der Waals surface area contributed by atoms with Gasteiger partial charge in [0, 0.05) is 11.3 Å². The van der Waals surface area contributed by atoms with E-state index in [9.17, 15) is 9.59 Å². The maximum atomic E-state index is 12.8. The number of benzene rings is 2. The summed E-state index contributed by atoms with van der Waals surface area (Å²) in [5, 5.41) is 2.98. The Labute approximate surface area is 180 Å². The van der Waals surface area contributed by atoms with E-state index in [1.165, 1.54) is 0 Å². The minimum Gasteiger partial charge on any atom is -0.467 e. The Morgan fingerprint density at radius 3 is 2.67 bits per heavy atom. The molecule has 154 valence electrons. The molecule has 1 N–H and O–H groups in total. The molecule has 6 heteroatoms. The monoisotopic (exact) mass is 420 g/mol. The Bertz CT molecular complexity index is 1040. The van der Waals surface area contributed by atoms with Crippen LogP contribution in [0, 0.1) is 6.92 Å². The summed E-state index contributed by atoms with van der Waals surface area (Å²) < 4.78 is 5.41. The highest BCUT2D eigenvalue weighted by molar-refractivity contribution is 8.00. The zero-order chi connectivity index (χ0) is 21.1. The number of carbonyl (C=O) groups is 2. The van der Waals surface area contributed by atoms with E-state index < -0.39 is 0 Å². The van der Waals surface area contributed by atoms with Crippen molar-refractivity contribution in [3.63, 3.8) is 0 Å².